The van der Waals surface area contributed by atoms with E-state index in [0.717, 1.165) is 0 Å². The number of alkyl halides is 1. The summed E-state index contributed by atoms with van der Waals surface area (Å²) in [7, 11) is 0.500. The Bertz CT molecular complexity index is 6.00. The van der Waals surface area contributed by atoms with Crippen LogP contribution >= 0.6 is 0 Å². The molecule has 0 aromatic heterocycles. The van der Waals surface area contributed by atoms with E-state index >= 15 is 0 Å². The Balaban J connectivity index is -0.00000000500. The molecule has 3 heteroatoms. The lowest BCUT2D eigenvalue weighted by Gasteiger charge is -1.10. The van der Waals surface area contributed by atoms with E-state index in [1.54, 1.807) is 0 Å². The van der Waals surface area contributed by atoms with Gasteiger partial charge in [-0.15, -0.1) is 0 Å². The molecule has 4 heavy (non-hydrogen) atoms. The summed E-state index contributed by atoms with van der Waals surface area (Å²) in [4.78, 5) is 0. The highest BCUT2D eigenvalue weighted by atomic mass is 19.1. The van der Waals surface area contributed by atoms with Crippen LogP contribution in [0.1, 0.15) is 0 Å². The zero-order valence-electron chi connectivity index (χ0n) is 2.79. The quantitative estimate of drug-likeness (QED) is 0.443. The van der Waals surface area contributed by atoms with E-state index in [-0.39, 0.29) is 12.3 Å². The van der Waals surface area contributed by atoms with Crippen molar-refractivity contribution < 1.29 is 4.39 Å². The van der Waals surface area contributed by atoms with Crippen molar-refractivity contribution in [1.82, 2.24) is 12.3 Å². The van der Waals surface area contributed by atoms with Gasteiger partial charge in [-0.2, -0.15) is 0 Å². The first kappa shape index (κ1) is 43.3. The lowest BCUT2D eigenvalue weighted by atomic mass is 11.9. The fourth-order valence-corrected chi connectivity index (χ4v) is 0. The van der Waals surface area contributed by atoms with Gasteiger partial charge in [0.2, 0.25) is 0 Å². The second-order valence-corrected chi connectivity index (χ2v) is 0. The molecule has 0 aromatic carbocycles. The smallest absolute Gasteiger partial charge is 0.0785 e. The second kappa shape index (κ2) is 434. The van der Waals surface area contributed by atoms with Gasteiger partial charge in [-0.05, 0) is 0 Å². The predicted molar refractivity (Wildman–Crippen MR) is 17.1 cm³/mol. The molecule has 0 aromatic rings. The zero-order valence-corrected chi connectivity index (χ0v) is 2.79. The van der Waals surface area contributed by atoms with Crippen LogP contribution in [0.25, 0.3) is 0 Å². The Morgan fingerprint density at radius 1 is 1.00 bits per heavy atom. The molecule has 2 nitrogen and oxygen atoms in total. The lowest BCUT2D eigenvalue weighted by molar-refractivity contribution is 0.636. The summed E-state index contributed by atoms with van der Waals surface area (Å²) in [6.45, 7) is 0. The lowest BCUT2D eigenvalue weighted by Crippen LogP contribution is -0.939. The van der Waals surface area contributed by atoms with E-state index < -0.39 is 0 Å². The van der Waals surface area contributed by atoms with Gasteiger partial charge in [0.1, 0.15) is 0 Å². The highest BCUT2D eigenvalue weighted by Gasteiger charge is 0.926. The molecule has 0 rings (SSSR count). The van der Waals surface area contributed by atoms with Crippen molar-refractivity contribution in [3.8, 4) is 0 Å². The molecule has 0 aliphatic carbocycles. The maximum atomic E-state index is 9.50. The van der Waals surface area contributed by atoms with Crippen LogP contribution in [0.4, 0.5) is 4.39 Å². The van der Waals surface area contributed by atoms with Crippen molar-refractivity contribution in [2.24, 2.45) is 0 Å². The SMILES string of the molecule is CF.N.N. The van der Waals surface area contributed by atoms with Gasteiger partial charge in [-0.1, -0.05) is 0 Å². The van der Waals surface area contributed by atoms with Crippen LogP contribution in [-0.2, 0) is 0 Å². The molecule has 0 amide bonds. The van der Waals surface area contributed by atoms with Crippen molar-refractivity contribution in [1.29, 1.82) is 0 Å². The summed E-state index contributed by atoms with van der Waals surface area (Å²) in [6, 6.07) is 0. The van der Waals surface area contributed by atoms with Gasteiger partial charge in [0, 0.05) is 0 Å². The molecule has 6 N–H and O–H groups in total. The zero-order chi connectivity index (χ0) is 2.00. The largest absolute Gasteiger partial charge is 0.344 e. The van der Waals surface area contributed by atoms with Crippen molar-refractivity contribution in [3.05, 3.63) is 0 Å². The van der Waals surface area contributed by atoms with E-state index in [1.807, 2.05) is 0 Å². The standard InChI is InChI=1S/CH3F.2H3N/c1-2;;/h1H3;2*1H3. The first-order chi connectivity index (χ1) is 1.00. The fraction of sp³-hybridized carbons (Fsp3) is 1.00. The van der Waals surface area contributed by atoms with Crippen LogP contribution in [-0.4, -0.2) is 7.18 Å². The first-order valence-corrected chi connectivity index (χ1v) is 0.378. The minimum absolute atomic E-state index is 0. The second-order valence-electron chi connectivity index (χ2n) is 0. The molecule has 0 fully saturated rings. The molecule has 0 spiro atoms. The first-order valence-electron chi connectivity index (χ1n) is 0.378. The van der Waals surface area contributed by atoms with Crippen LogP contribution in [0.2, 0.25) is 0 Å². The molecule has 0 aliphatic heterocycles. The van der Waals surface area contributed by atoms with Crippen molar-refractivity contribution in [2.45, 2.75) is 0 Å². The van der Waals surface area contributed by atoms with E-state index in [0.29, 0.717) is 7.18 Å². The van der Waals surface area contributed by atoms with Gasteiger partial charge >= 0.3 is 0 Å². The molecular formula is CH9FN2. The maximum Gasteiger partial charge on any atom is 0.0785 e. The third-order valence-electron chi connectivity index (χ3n) is 0. The van der Waals surface area contributed by atoms with Gasteiger partial charge in [0.15, 0.2) is 0 Å². The summed E-state index contributed by atoms with van der Waals surface area (Å²) >= 11 is 0. The number of hydrogen-bond donors (Lipinski definition) is 2. The predicted octanol–water partition coefficient (Wildman–Crippen LogP) is 0.910. The molecule has 0 saturated heterocycles. The molecule has 0 radical (unpaired) electrons. The summed E-state index contributed by atoms with van der Waals surface area (Å²) in [6.07, 6.45) is 0. The summed E-state index contributed by atoms with van der Waals surface area (Å²) in [5, 5.41) is 0. The van der Waals surface area contributed by atoms with Crippen molar-refractivity contribution >= 4 is 0 Å². The molecular weight excluding hydrogens is 59.0 g/mol. The van der Waals surface area contributed by atoms with Gasteiger partial charge in [-0.3, -0.25) is 4.39 Å². The summed E-state index contributed by atoms with van der Waals surface area (Å²) in [5.74, 6) is 0. The van der Waals surface area contributed by atoms with Gasteiger partial charge < -0.3 is 12.3 Å². The molecule has 30 valence electrons. The normalized spacial score (nSPS) is 1.50. The Kier molecular flexibility index (Phi) is 4690. The van der Waals surface area contributed by atoms with E-state index in [9.17, 15) is 4.39 Å². The summed E-state index contributed by atoms with van der Waals surface area (Å²) in [5.41, 5.74) is 0. The van der Waals surface area contributed by atoms with E-state index in [4.69, 9.17) is 0 Å². The molecule has 0 aliphatic rings. The van der Waals surface area contributed by atoms with Gasteiger partial charge in [0.05, 0.1) is 7.18 Å². The Morgan fingerprint density at radius 3 is 1.00 bits per heavy atom. The topological polar surface area (TPSA) is 70.0 Å². The van der Waals surface area contributed by atoms with Gasteiger partial charge in [0.25, 0.3) is 0 Å². The Morgan fingerprint density at radius 2 is 1.00 bits per heavy atom. The van der Waals surface area contributed by atoms with Gasteiger partial charge in [-0.25, -0.2) is 0 Å². The Hall–Kier alpha value is -0.150. The maximum absolute atomic E-state index is 9.50. The van der Waals surface area contributed by atoms with Crippen LogP contribution in [0, 0.1) is 0 Å². The third-order valence-corrected chi connectivity index (χ3v) is 0. The van der Waals surface area contributed by atoms with Crippen molar-refractivity contribution in [2.75, 3.05) is 7.18 Å². The fourth-order valence-electron chi connectivity index (χ4n) is 0. The van der Waals surface area contributed by atoms with Crippen molar-refractivity contribution in [3.63, 3.8) is 0 Å². The van der Waals surface area contributed by atoms with E-state index in [1.165, 1.54) is 0 Å². The monoisotopic (exact) mass is 68.1 g/mol. The molecule has 0 heterocycles. The van der Waals surface area contributed by atoms with Crippen LogP contribution in [0.3, 0.4) is 0 Å². The van der Waals surface area contributed by atoms with Crippen LogP contribution in [0.15, 0.2) is 0 Å². The summed E-state index contributed by atoms with van der Waals surface area (Å²) < 4.78 is 9.50. The number of hydrogen-bond acceptors (Lipinski definition) is 2. The number of rotatable bonds is 0. The highest BCUT2D eigenvalue weighted by molar-refractivity contribution is 3.23. The molecule has 0 saturated carbocycles. The third kappa shape index (κ3) is 59.4. The Labute approximate surface area is 25.2 Å². The van der Waals surface area contributed by atoms with Crippen LogP contribution < -0.4 is 12.3 Å². The molecule has 0 atom stereocenters. The number of halogens is 1. The average molecular weight is 68.1 g/mol. The minimum atomic E-state index is 0. The minimum Gasteiger partial charge on any atom is -0.344 e. The highest BCUT2D eigenvalue weighted by Crippen LogP contribution is 1.16. The molecule has 0 bridgehead atoms. The van der Waals surface area contributed by atoms with Crippen LogP contribution in [0.5, 0.6) is 0 Å². The average Bonchev–Trinajstić information content (AvgIpc) is 1.00. The van der Waals surface area contributed by atoms with E-state index in [2.05, 4.69) is 0 Å². The molecule has 0 unspecified atom stereocenters.